The number of carbonyl (C=O) groups is 1. The Morgan fingerprint density at radius 3 is 2.26 bits per heavy atom. The van der Waals surface area contributed by atoms with E-state index >= 15 is 0 Å². The predicted octanol–water partition coefficient (Wildman–Crippen LogP) is 5.59. The summed E-state index contributed by atoms with van der Waals surface area (Å²) in [4.78, 5) is 11.1. The van der Waals surface area contributed by atoms with E-state index < -0.39 is 11.9 Å². The summed E-state index contributed by atoms with van der Waals surface area (Å²) >= 11 is 0. The minimum Gasteiger partial charge on any atom is -0.438 e. The van der Waals surface area contributed by atoms with Crippen LogP contribution in [0, 0.1) is 5.92 Å². The van der Waals surface area contributed by atoms with Crippen molar-refractivity contribution in [3.63, 3.8) is 0 Å². The highest BCUT2D eigenvalue weighted by molar-refractivity contribution is 5.60. The fourth-order valence-electron chi connectivity index (χ4n) is 3.72. The molecule has 4 nitrogen and oxygen atoms in total. The molecule has 1 saturated carbocycles. The molecule has 134 valence electrons. The van der Waals surface area contributed by atoms with Gasteiger partial charge in [0.1, 0.15) is 6.61 Å². The Morgan fingerprint density at radius 1 is 1.00 bits per heavy atom. The summed E-state index contributed by atoms with van der Waals surface area (Å²) in [6.07, 6.45) is 18.0. The topological polar surface area (TPSA) is 48.1 Å². The van der Waals surface area contributed by atoms with Gasteiger partial charge in [0.05, 0.1) is 7.11 Å². The second kappa shape index (κ2) is 10.2. The molecule has 2 aliphatic rings. The second-order valence-electron chi connectivity index (χ2n) is 7.27. The minimum absolute atomic E-state index is 0.518. The summed E-state index contributed by atoms with van der Waals surface area (Å²) < 4.78 is 14.9. The van der Waals surface area contributed by atoms with Crippen LogP contribution >= 0.6 is 0 Å². The van der Waals surface area contributed by atoms with Crippen LogP contribution in [-0.2, 0) is 14.2 Å². The van der Waals surface area contributed by atoms with Crippen molar-refractivity contribution in [1.29, 1.82) is 0 Å². The van der Waals surface area contributed by atoms with Crippen LogP contribution in [0.15, 0.2) is 0 Å². The normalized spacial score (nSPS) is 25.4. The molecule has 1 unspecified atom stereocenters. The molecule has 2 rings (SSSR count). The van der Waals surface area contributed by atoms with Gasteiger partial charge in [0, 0.05) is 6.42 Å². The molecule has 1 aliphatic carbocycles. The number of hydrogen-bond acceptors (Lipinski definition) is 4. The lowest BCUT2D eigenvalue weighted by Gasteiger charge is -2.19. The first-order chi connectivity index (χ1) is 11.2. The van der Waals surface area contributed by atoms with Crippen LogP contribution in [0.4, 0.5) is 4.79 Å². The molecule has 0 amide bonds. The molecule has 1 atom stereocenters. The lowest BCUT2D eigenvalue weighted by atomic mass is 9.87. The first-order valence-electron chi connectivity index (χ1n) is 9.65. The number of hydrogen-bond donors (Lipinski definition) is 0. The van der Waals surface area contributed by atoms with Crippen LogP contribution in [0.3, 0.4) is 0 Å². The zero-order valence-corrected chi connectivity index (χ0v) is 14.8. The van der Waals surface area contributed by atoms with Gasteiger partial charge in [-0.25, -0.2) is 4.79 Å². The van der Waals surface area contributed by atoms with Crippen LogP contribution in [-0.4, -0.2) is 25.7 Å². The van der Waals surface area contributed by atoms with Gasteiger partial charge >= 0.3 is 6.16 Å². The van der Waals surface area contributed by atoms with E-state index in [1.165, 1.54) is 84.2 Å². The molecular formula is C19H34O4. The molecule has 23 heavy (non-hydrogen) atoms. The molecule has 1 saturated heterocycles. The van der Waals surface area contributed by atoms with Gasteiger partial charge < -0.3 is 14.2 Å². The third kappa shape index (κ3) is 7.56. The van der Waals surface area contributed by atoms with E-state index in [-0.39, 0.29) is 0 Å². The summed E-state index contributed by atoms with van der Waals surface area (Å²) in [6.45, 7) is 0.518. The SMILES string of the molecule is COC(=O)OC1(CCCCCCCC2CCCCCCC2)CO1. The largest absolute Gasteiger partial charge is 0.510 e. The lowest BCUT2D eigenvalue weighted by molar-refractivity contribution is -0.0324. The standard InChI is InChI=1S/C19H34O4/c1-21-18(20)23-19(16-22-19)15-11-7-3-6-10-14-17-12-8-4-2-5-9-13-17/h17H,2-16H2,1H3. The fraction of sp³-hybridized carbons (Fsp3) is 0.947. The quantitative estimate of drug-likeness (QED) is 0.315. The molecule has 0 aromatic heterocycles. The molecule has 0 bridgehead atoms. The number of epoxide rings is 1. The summed E-state index contributed by atoms with van der Waals surface area (Å²) in [7, 11) is 1.33. The van der Waals surface area contributed by atoms with E-state index in [4.69, 9.17) is 9.47 Å². The Labute approximate surface area is 141 Å². The molecule has 1 heterocycles. The second-order valence-corrected chi connectivity index (χ2v) is 7.27. The molecule has 0 N–H and O–H groups in total. The Hall–Kier alpha value is -0.770. The first kappa shape index (κ1) is 18.6. The summed E-state index contributed by atoms with van der Waals surface area (Å²) in [5.74, 6) is 0.332. The van der Waals surface area contributed by atoms with Crippen molar-refractivity contribution in [2.75, 3.05) is 13.7 Å². The molecule has 2 fully saturated rings. The van der Waals surface area contributed by atoms with Crippen molar-refractivity contribution in [3.05, 3.63) is 0 Å². The highest BCUT2D eigenvalue weighted by Gasteiger charge is 2.49. The van der Waals surface area contributed by atoms with Crippen molar-refractivity contribution in [2.45, 2.75) is 95.7 Å². The maximum Gasteiger partial charge on any atom is 0.510 e. The zero-order valence-electron chi connectivity index (χ0n) is 14.8. The maximum absolute atomic E-state index is 11.1. The zero-order chi connectivity index (χ0) is 16.4. The average molecular weight is 326 g/mol. The van der Waals surface area contributed by atoms with E-state index in [1.807, 2.05) is 0 Å². The highest BCUT2D eigenvalue weighted by atomic mass is 16.8. The van der Waals surface area contributed by atoms with Crippen molar-refractivity contribution in [1.82, 2.24) is 0 Å². The summed E-state index contributed by atoms with van der Waals surface area (Å²) in [5, 5.41) is 0. The maximum atomic E-state index is 11.1. The predicted molar refractivity (Wildman–Crippen MR) is 90.3 cm³/mol. The van der Waals surface area contributed by atoms with Crippen molar-refractivity contribution >= 4 is 6.16 Å². The first-order valence-corrected chi connectivity index (χ1v) is 9.65. The lowest BCUT2D eigenvalue weighted by Crippen LogP contribution is -2.21. The van der Waals surface area contributed by atoms with Gasteiger partial charge in [-0.2, -0.15) is 0 Å². The van der Waals surface area contributed by atoms with E-state index in [1.54, 1.807) is 0 Å². The van der Waals surface area contributed by atoms with Crippen molar-refractivity contribution in [2.24, 2.45) is 5.92 Å². The van der Waals surface area contributed by atoms with Gasteiger partial charge in [-0.3, -0.25) is 0 Å². The molecule has 0 spiro atoms. The van der Waals surface area contributed by atoms with Crippen molar-refractivity contribution in [3.8, 4) is 0 Å². The Kier molecular flexibility index (Phi) is 8.21. The van der Waals surface area contributed by atoms with E-state index in [2.05, 4.69) is 4.74 Å². The fourth-order valence-corrected chi connectivity index (χ4v) is 3.72. The van der Waals surface area contributed by atoms with Gasteiger partial charge in [0.15, 0.2) is 0 Å². The number of rotatable bonds is 9. The van der Waals surface area contributed by atoms with E-state index in [9.17, 15) is 4.79 Å². The van der Waals surface area contributed by atoms with Crippen molar-refractivity contribution < 1.29 is 19.0 Å². The van der Waals surface area contributed by atoms with E-state index in [0.717, 1.165) is 18.8 Å². The molecule has 0 aromatic rings. The van der Waals surface area contributed by atoms with Crippen LogP contribution in [0.5, 0.6) is 0 Å². The Morgan fingerprint density at radius 2 is 1.61 bits per heavy atom. The molecule has 4 heteroatoms. The average Bonchev–Trinajstić information content (AvgIpc) is 3.27. The molecule has 0 radical (unpaired) electrons. The molecule has 0 aromatic carbocycles. The highest BCUT2D eigenvalue weighted by Crippen LogP contribution is 2.35. The summed E-state index contributed by atoms with van der Waals surface area (Å²) in [5.41, 5.74) is 0. The number of carbonyl (C=O) groups excluding carboxylic acids is 1. The van der Waals surface area contributed by atoms with Crippen LogP contribution in [0.25, 0.3) is 0 Å². The number of unbranched alkanes of at least 4 members (excludes halogenated alkanes) is 4. The molecular weight excluding hydrogens is 292 g/mol. The Bertz CT molecular complexity index is 330. The minimum atomic E-state index is -0.661. The van der Waals surface area contributed by atoms with E-state index in [0.29, 0.717) is 6.61 Å². The van der Waals surface area contributed by atoms with Gasteiger partial charge in [-0.05, 0) is 12.3 Å². The van der Waals surface area contributed by atoms with Gasteiger partial charge in [0.25, 0.3) is 0 Å². The third-order valence-corrected chi connectivity index (χ3v) is 5.30. The van der Waals surface area contributed by atoms with Gasteiger partial charge in [-0.15, -0.1) is 0 Å². The smallest absolute Gasteiger partial charge is 0.438 e. The van der Waals surface area contributed by atoms with Gasteiger partial charge in [-0.1, -0.05) is 77.0 Å². The third-order valence-electron chi connectivity index (χ3n) is 5.30. The number of ether oxygens (including phenoxy) is 3. The van der Waals surface area contributed by atoms with Crippen LogP contribution < -0.4 is 0 Å². The monoisotopic (exact) mass is 326 g/mol. The van der Waals surface area contributed by atoms with Crippen LogP contribution in [0.2, 0.25) is 0 Å². The van der Waals surface area contributed by atoms with Crippen LogP contribution in [0.1, 0.15) is 89.9 Å². The van der Waals surface area contributed by atoms with Gasteiger partial charge in [0.2, 0.25) is 5.79 Å². The Balaban J connectivity index is 1.44. The summed E-state index contributed by atoms with van der Waals surface area (Å²) in [6, 6.07) is 0. The number of methoxy groups -OCH3 is 1. The molecule has 1 aliphatic heterocycles.